The van der Waals surface area contributed by atoms with Crippen LogP contribution in [0.2, 0.25) is 5.02 Å². The largest absolute Gasteiger partial charge is 0.293 e. The molecule has 3 nitrogen and oxygen atoms in total. The van der Waals surface area contributed by atoms with E-state index in [9.17, 15) is 4.79 Å². The van der Waals surface area contributed by atoms with Gasteiger partial charge in [-0.2, -0.15) is 0 Å². The van der Waals surface area contributed by atoms with E-state index in [1.54, 1.807) is 35.6 Å². The Morgan fingerprint density at radius 2 is 2.00 bits per heavy atom. The molecule has 1 unspecified atom stereocenters. The maximum absolute atomic E-state index is 12.4. The Balaban J connectivity index is 1.82. The quantitative estimate of drug-likeness (QED) is 0.394. The Labute approximate surface area is 135 Å². The van der Waals surface area contributed by atoms with Crippen molar-refractivity contribution in [1.29, 1.82) is 0 Å². The molecule has 0 aliphatic carbocycles. The zero-order chi connectivity index (χ0) is 14.8. The van der Waals surface area contributed by atoms with Gasteiger partial charge in [0.1, 0.15) is 11.4 Å². The number of thiophene rings is 1. The van der Waals surface area contributed by atoms with Crippen LogP contribution in [0, 0.1) is 0 Å². The van der Waals surface area contributed by atoms with Gasteiger partial charge >= 0.3 is 0 Å². The number of hydrogen-bond acceptors (Lipinski definition) is 5. The van der Waals surface area contributed by atoms with E-state index in [2.05, 4.69) is 9.97 Å². The highest BCUT2D eigenvalue weighted by Crippen LogP contribution is 2.32. The van der Waals surface area contributed by atoms with E-state index < -0.39 is 0 Å². The normalized spacial score (nSPS) is 12.5. The van der Waals surface area contributed by atoms with Crippen molar-refractivity contribution >= 4 is 50.7 Å². The first-order chi connectivity index (χ1) is 10.1. The fourth-order valence-corrected chi connectivity index (χ4v) is 3.96. The molecule has 0 bridgehead atoms. The van der Waals surface area contributed by atoms with Crippen LogP contribution in [0.5, 0.6) is 0 Å². The molecule has 3 aromatic rings. The fraction of sp³-hybridized carbons (Fsp3) is 0.133. The molecule has 0 spiro atoms. The van der Waals surface area contributed by atoms with Crippen LogP contribution in [-0.4, -0.2) is 21.0 Å². The zero-order valence-corrected chi connectivity index (χ0v) is 13.5. The van der Waals surface area contributed by atoms with Crippen molar-refractivity contribution < 1.29 is 4.79 Å². The topological polar surface area (TPSA) is 42.9 Å². The molecule has 0 amide bonds. The van der Waals surface area contributed by atoms with Crippen molar-refractivity contribution in [2.24, 2.45) is 0 Å². The molecule has 21 heavy (non-hydrogen) atoms. The van der Waals surface area contributed by atoms with E-state index >= 15 is 0 Å². The number of Topliss-reactive ketones (excluding diaryl/α,β-unsaturated/α-hetero) is 1. The SMILES string of the molecule is CC(Sc1ncnc2ccsc12)C(=O)c1ccc(Cl)cc1. The minimum atomic E-state index is -0.216. The standard InChI is InChI=1S/C15H11ClN2OS2/c1-9(13(19)10-2-4-11(16)5-3-10)21-15-14-12(6-7-20-14)17-8-18-15/h2-9H,1H3. The number of benzene rings is 1. The number of hydrogen-bond donors (Lipinski definition) is 0. The van der Waals surface area contributed by atoms with Gasteiger partial charge in [-0.3, -0.25) is 4.79 Å². The highest BCUT2D eigenvalue weighted by Gasteiger charge is 2.18. The van der Waals surface area contributed by atoms with Gasteiger partial charge in [0.15, 0.2) is 5.78 Å². The van der Waals surface area contributed by atoms with Crippen molar-refractivity contribution in [3.05, 3.63) is 52.6 Å². The monoisotopic (exact) mass is 334 g/mol. The molecule has 2 aromatic heterocycles. The highest BCUT2D eigenvalue weighted by molar-refractivity contribution is 8.00. The number of aromatic nitrogens is 2. The van der Waals surface area contributed by atoms with Crippen molar-refractivity contribution in [1.82, 2.24) is 9.97 Å². The van der Waals surface area contributed by atoms with Gasteiger partial charge < -0.3 is 0 Å². The molecule has 2 heterocycles. The molecule has 0 aliphatic heterocycles. The molecule has 0 fully saturated rings. The summed E-state index contributed by atoms with van der Waals surface area (Å²) in [6.45, 7) is 1.89. The summed E-state index contributed by atoms with van der Waals surface area (Å²) >= 11 is 8.90. The second kappa shape index (κ2) is 6.13. The summed E-state index contributed by atoms with van der Waals surface area (Å²) in [6, 6.07) is 8.92. The van der Waals surface area contributed by atoms with Gasteiger partial charge in [-0.15, -0.1) is 11.3 Å². The average Bonchev–Trinajstić information content (AvgIpc) is 2.97. The number of halogens is 1. The lowest BCUT2D eigenvalue weighted by Crippen LogP contribution is -2.13. The van der Waals surface area contributed by atoms with Gasteiger partial charge in [-0.25, -0.2) is 9.97 Å². The average molecular weight is 335 g/mol. The Bertz CT molecular complexity index is 786. The number of thioether (sulfide) groups is 1. The lowest BCUT2D eigenvalue weighted by molar-refractivity contribution is 0.0994. The third kappa shape index (κ3) is 3.10. The maximum Gasteiger partial charge on any atom is 0.175 e. The molecular formula is C15H11ClN2OS2. The molecule has 0 aliphatic rings. The minimum Gasteiger partial charge on any atom is -0.293 e. The van der Waals surface area contributed by atoms with Crippen molar-refractivity contribution in [3.8, 4) is 0 Å². The first-order valence-corrected chi connectivity index (χ1v) is 8.43. The molecule has 0 saturated carbocycles. The van der Waals surface area contributed by atoms with Crippen LogP contribution in [0.3, 0.4) is 0 Å². The van der Waals surface area contributed by atoms with E-state index in [1.807, 2.05) is 18.4 Å². The molecule has 3 rings (SSSR count). The van der Waals surface area contributed by atoms with Crippen LogP contribution in [0.4, 0.5) is 0 Å². The van der Waals surface area contributed by atoms with Crippen LogP contribution in [0.15, 0.2) is 47.1 Å². The van der Waals surface area contributed by atoms with Crippen molar-refractivity contribution in [2.45, 2.75) is 17.2 Å². The van der Waals surface area contributed by atoms with Crippen LogP contribution in [0.25, 0.3) is 10.2 Å². The van der Waals surface area contributed by atoms with Crippen LogP contribution in [0.1, 0.15) is 17.3 Å². The Morgan fingerprint density at radius 1 is 1.24 bits per heavy atom. The third-order valence-corrected chi connectivity index (χ3v) is 5.39. The summed E-state index contributed by atoms with van der Waals surface area (Å²) in [5.41, 5.74) is 1.58. The van der Waals surface area contributed by atoms with Crippen LogP contribution < -0.4 is 0 Å². The molecule has 0 N–H and O–H groups in total. The summed E-state index contributed by atoms with van der Waals surface area (Å²) in [7, 11) is 0. The molecule has 1 atom stereocenters. The van der Waals surface area contributed by atoms with Gasteiger partial charge in [-0.1, -0.05) is 23.4 Å². The number of ketones is 1. The Morgan fingerprint density at radius 3 is 2.76 bits per heavy atom. The van der Waals surface area contributed by atoms with E-state index in [4.69, 9.17) is 11.6 Å². The number of carbonyl (C=O) groups excluding carboxylic acids is 1. The lowest BCUT2D eigenvalue weighted by atomic mass is 10.1. The first kappa shape index (κ1) is 14.5. The van der Waals surface area contributed by atoms with Gasteiger partial charge in [0.2, 0.25) is 0 Å². The molecule has 6 heteroatoms. The van der Waals surface area contributed by atoms with Crippen LogP contribution in [-0.2, 0) is 0 Å². The molecule has 0 radical (unpaired) electrons. The van der Waals surface area contributed by atoms with Gasteiger partial charge in [0.05, 0.1) is 15.5 Å². The van der Waals surface area contributed by atoms with E-state index in [1.165, 1.54) is 18.1 Å². The number of rotatable bonds is 4. The van der Waals surface area contributed by atoms with Crippen LogP contribution >= 0.6 is 34.7 Å². The summed E-state index contributed by atoms with van der Waals surface area (Å²) < 4.78 is 1.03. The van der Waals surface area contributed by atoms with Gasteiger partial charge in [0.25, 0.3) is 0 Å². The van der Waals surface area contributed by atoms with E-state index in [-0.39, 0.29) is 11.0 Å². The first-order valence-electron chi connectivity index (χ1n) is 6.30. The minimum absolute atomic E-state index is 0.0694. The molecule has 106 valence electrons. The summed E-state index contributed by atoms with van der Waals surface area (Å²) in [5.74, 6) is 0.0694. The predicted molar refractivity (Wildman–Crippen MR) is 88.5 cm³/mol. The Hall–Kier alpha value is -1.43. The van der Waals surface area contributed by atoms with Gasteiger partial charge in [0, 0.05) is 10.6 Å². The summed E-state index contributed by atoms with van der Waals surface area (Å²) in [6.07, 6.45) is 1.54. The fourth-order valence-electron chi connectivity index (χ4n) is 1.92. The van der Waals surface area contributed by atoms with Crippen molar-refractivity contribution in [3.63, 3.8) is 0 Å². The van der Waals surface area contributed by atoms with E-state index in [0.717, 1.165) is 15.2 Å². The van der Waals surface area contributed by atoms with Gasteiger partial charge in [-0.05, 0) is 42.6 Å². The number of fused-ring (bicyclic) bond motifs is 1. The lowest BCUT2D eigenvalue weighted by Gasteiger charge is -2.10. The zero-order valence-electron chi connectivity index (χ0n) is 11.1. The van der Waals surface area contributed by atoms with Crippen molar-refractivity contribution in [2.75, 3.05) is 0 Å². The molecule has 0 saturated heterocycles. The summed E-state index contributed by atoms with van der Waals surface area (Å²) in [4.78, 5) is 20.9. The highest BCUT2D eigenvalue weighted by atomic mass is 35.5. The third-order valence-electron chi connectivity index (χ3n) is 3.00. The maximum atomic E-state index is 12.4. The molecule has 1 aromatic carbocycles. The Kier molecular flexibility index (Phi) is 4.24. The summed E-state index contributed by atoms with van der Waals surface area (Å²) in [5, 5.41) is 3.24. The predicted octanol–water partition coefficient (Wildman–Crippen LogP) is 4.71. The second-order valence-corrected chi connectivity index (χ2v) is 7.13. The number of nitrogens with zero attached hydrogens (tertiary/aromatic N) is 2. The molecular weight excluding hydrogens is 324 g/mol. The smallest absolute Gasteiger partial charge is 0.175 e. The van der Waals surface area contributed by atoms with E-state index in [0.29, 0.717) is 10.6 Å². The number of carbonyl (C=O) groups is 1. The second-order valence-electron chi connectivity index (χ2n) is 4.45.